The zero-order valence-electron chi connectivity index (χ0n) is 8.43. The SMILES string of the molecule is COC(c1ncc(C(C)O)s1)C1CC1. The van der Waals surface area contributed by atoms with E-state index in [1.54, 1.807) is 31.6 Å². The van der Waals surface area contributed by atoms with Gasteiger partial charge in [0.15, 0.2) is 0 Å². The topological polar surface area (TPSA) is 42.4 Å². The van der Waals surface area contributed by atoms with Crippen molar-refractivity contribution >= 4 is 11.3 Å². The summed E-state index contributed by atoms with van der Waals surface area (Å²) < 4.78 is 5.42. The summed E-state index contributed by atoms with van der Waals surface area (Å²) in [5.41, 5.74) is 0. The molecule has 0 aliphatic heterocycles. The first-order valence-electron chi connectivity index (χ1n) is 4.89. The van der Waals surface area contributed by atoms with Gasteiger partial charge in [-0.2, -0.15) is 0 Å². The summed E-state index contributed by atoms with van der Waals surface area (Å²) in [7, 11) is 1.73. The number of thiazole rings is 1. The standard InChI is InChI=1S/C10H15NO2S/c1-6(12)8-5-11-10(14-8)9(13-2)7-3-4-7/h5-7,9,12H,3-4H2,1-2H3. The molecule has 0 spiro atoms. The summed E-state index contributed by atoms with van der Waals surface area (Å²) in [5, 5.41) is 10.4. The van der Waals surface area contributed by atoms with Crippen LogP contribution < -0.4 is 0 Å². The fourth-order valence-electron chi connectivity index (χ4n) is 1.52. The minimum Gasteiger partial charge on any atom is -0.388 e. The van der Waals surface area contributed by atoms with Crippen LogP contribution in [0.3, 0.4) is 0 Å². The van der Waals surface area contributed by atoms with Crippen LogP contribution in [-0.2, 0) is 4.74 Å². The Morgan fingerprint density at radius 3 is 2.79 bits per heavy atom. The Morgan fingerprint density at radius 1 is 1.64 bits per heavy atom. The minimum absolute atomic E-state index is 0.146. The molecule has 0 saturated heterocycles. The zero-order chi connectivity index (χ0) is 10.1. The molecule has 1 aliphatic carbocycles. The van der Waals surface area contributed by atoms with Crippen LogP contribution in [0.5, 0.6) is 0 Å². The molecule has 14 heavy (non-hydrogen) atoms. The van der Waals surface area contributed by atoms with Crippen LogP contribution in [0.1, 0.15) is 41.9 Å². The van der Waals surface area contributed by atoms with E-state index in [1.807, 2.05) is 0 Å². The molecule has 78 valence electrons. The van der Waals surface area contributed by atoms with Crippen LogP contribution in [0.15, 0.2) is 6.20 Å². The number of nitrogens with zero attached hydrogens (tertiary/aromatic N) is 1. The van der Waals surface area contributed by atoms with Crippen LogP contribution in [0, 0.1) is 5.92 Å². The molecule has 2 unspecified atom stereocenters. The number of ether oxygens (including phenoxy) is 1. The maximum Gasteiger partial charge on any atom is 0.122 e. The van der Waals surface area contributed by atoms with E-state index in [9.17, 15) is 5.11 Å². The van der Waals surface area contributed by atoms with Gasteiger partial charge < -0.3 is 9.84 Å². The molecule has 0 radical (unpaired) electrons. The first-order valence-corrected chi connectivity index (χ1v) is 5.70. The molecule has 3 nitrogen and oxygen atoms in total. The molecule has 1 aliphatic rings. The fourth-order valence-corrected chi connectivity index (χ4v) is 2.55. The number of hydrogen-bond donors (Lipinski definition) is 1. The molecule has 1 fully saturated rings. The Morgan fingerprint density at radius 2 is 2.36 bits per heavy atom. The number of methoxy groups -OCH3 is 1. The van der Waals surface area contributed by atoms with Gasteiger partial charge in [-0.1, -0.05) is 0 Å². The second-order valence-corrected chi connectivity index (χ2v) is 4.86. The largest absolute Gasteiger partial charge is 0.388 e. The summed E-state index contributed by atoms with van der Waals surface area (Å²) in [4.78, 5) is 5.22. The molecule has 2 rings (SSSR count). The Kier molecular flexibility index (Phi) is 2.85. The summed E-state index contributed by atoms with van der Waals surface area (Å²) in [6, 6.07) is 0. The van der Waals surface area contributed by atoms with Gasteiger partial charge in [0.1, 0.15) is 11.1 Å². The highest BCUT2D eigenvalue weighted by Gasteiger charge is 2.34. The van der Waals surface area contributed by atoms with E-state index in [1.165, 1.54) is 12.8 Å². The highest BCUT2D eigenvalue weighted by atomic mass is 32.1. The third kappa shape index (κ3) is 1.97. The van der Waals surface area contributed by atoms with Crippen LogP contribution in [0.2, 0.25) is 0 Å². The Hall–Kier alpha value is -0.450. The van der Waals surface area contributed by atoms with Crippen molar-refractivity contribution in [3.8, 4) is 0 Å². The van der Waals surface area contributed by atoms with Gasteiger partial charge >= 0.3 is 0 Å². The number of aromatic nitrogens is 1. The van der Waals surface area contributed by atoms with Gasteiger partial charge in [-0.25, -0.2) is 4.98 Å². The number of hydrogen-bond acceptors (Lipinski definition) is 4. The lowest BCUT2D eigenvalue weighted by Gasteiger charge is -2.10. The Bertz CT molecular complexity index is 307. The third-order valence-corrected chi connectivity index (χ3v) is 3.73. The van der Waals surface area contributed by atoms with Crippen LogP contribution in [-0.4, -0.2) is 17.2 Å². The number of aliphatic hydroxyl groups excluding tert-OH is 1. The average molecular weight is 213 g/mol. The monoisotopic (exact) mass is 213 g/mol. The predicted octanol–water partition coefficient (Wildman–Crippen LogP) is 2.29. The van der Waals surface area contributed by atoms with E-state index in [-0.39, 0.29) is 6.10 Å². The number of aliphatic hydroxyl groups is 1. The van der Waals surface area contributed by atoms with Gasteiger partial charge in [-0.15, -0.1) is 11.3 Å². The highest BCUT2D eigenvalue weighted by Crippen LogP contribution is 2.44. The first kappa shape index (κ1) is 10.1. The molecule has 1 N–H and O–H groups in total. The first-order chi connectivity index (χ1) is 6.72. The molecule has 1 aromatic heterocycles. The van der Waals surface area contributed by atoms with E-state index in [4.69, 9.17) is 4.74 Å². The van der Waals surface area contributed by atoms with E-state index < -0.39 is 6.10 Å². The summed E-state index contributed by atoms with van der Waals surface area (Å²) in [6.45, 7) is 1.76. The van der Waals surface area contributed by atoms with Crippen molar-refractivity contribution in [1.82, 2.24) is 4.98 Å². The van der Waals surface area contributed by atoms with Crippen LogP contribution in [0.25, 0.3) is 0 Å². The molecule has 0 amide bonds. The average Bonchev–Trinajstić information content (AvgIpc) is 2.84. The van der Waals surface area contributed by atoms with Crippen molar-refractivity contribution < 1.29 is 9.84 Å². The summed E-state index contributed by atoms with van der Waals surface area (Å²) in [5.74, 6) is 0.646. The van der Waals surface area contributed by atoms with Crippen molar-refractivity contribution in [1.29, 1.82) is 0 Å². The van der Waals surface area contributed by atoms with E-state index >= 15 is 0 Å². The highest BCUT2D eigenvalue weighted by molar-refractivity contribution is 7.11. The lowest BCUT2D eigenvalue weighted by Crippen LogP contribution is -2.02. The quantitative estimate of drug-likeness (QED) is 0.834. The Balaban J connectivity index is 2.13. The van der Waals surface area contributed by atoms with Crippen LogP contribution in [0.4, 0.5) is 0 Å². The van der Waals surface area contributed by atoms with Crippen molar-refractivity contribution in [2.75, 3.05) is 7.11 Å². The normalized spacial score (nSPS) is 20.8. The van der Waals surface area contributed by atoms with Crippen molar-refractivity contribution in [2.45, 2.75) is 32.0 Å². The van der Waals surface area contributed by atoms with E-state index in [0.29, 0.717) is 5.92 Å². The molecular formula is C10H15NO2S. The molecular weight excluding hydrogens is 198 g/mol. The van der Waals surface area contributed by atoms with Gasteiger partial charge in [-0.3, -0.25) is 0 Å². The minimum atomic E-state index is -0.419. The van der Waals surface area contributed by atoms with Gasteiger partial charge in [0, 0.05) is 13.3 Å². The molecule has 2 atom stereocenters. The molecule has 1 aromatic rings. The predicted molar refractivity (Wildman–Crippen MR) is 55.2 cm³/mol. The van der Waals surface area contributed by atoms with Gasteiger partial charge in [0.25, 0.3) is 0 Å². The second kappa shape index (κ2) is 3.96. The number of rotatable bonds is 4. The molecule has 4 heteroatoms. The lowest BCUT2D eigenvalue weighted by molar-refractivity contribution is 0.0844. The van der Waals surface area contributed by atoms with Crippen molar-refractivity contribution in [3.63, 3.8) is 0 Å². The van der Waals surface area contributed by atoms with Crippen molar-refractivity contribution in [3.05, 3.63) is 16.1 Å². The molecule has 1 saturated carbocycles. The third-order valence-electron chi connectivity index (χ3n) is 2.50. The van der Waals surface area contributed by atoms with E-state index in [2.05, 4.69) is 4.98 Å². The molecule has 0 aromatic carbocycles. The summed E-state index contributed by atoms with van der Waals surface area (Å²) >= 11 is 1.56. The molecule has 1 heterocycles. The van der Waals surface area contributed by atoms with Crippen molar-refractivity contribution in [2.24, 2.45) is 5.92 Å². The zero-order valence-corrected chi connectivity index (χ0v) is 9.25. The van der Waals surface area contributed by atoms with Crippen LogP contribution >= 0.6 is 11.3 Å². The summed E-state index contributed by atoms with van der Waals surface area (Å²) in [6.07, 6.45) is 3.95. The Labute approximate surface area is 87.7 Å². The lowest BCUT2D eigenvalue weighted by atomic mass is 10.2. The molecule has 0 bridgehead atoms. The fraction of sp³-hybridized carbons (Fsp3) is 0.700. The van der Waals surface area contributed by atoms with Gasteiger partial charge in [0.05, 0.1) is 11.0 Å². The van der Waals surface area contributed by atoms with Gasteiger partial charge in [0.2, 0.25) is 0 Å². The smallest absolute Gasteiger partial charge is 0.122 e. The maximum atomic E-state index is 9.38. The second-order valence-electron chi connectivity index (χ2n) is 3.77. The van der Waals surface area contributed by atoms with Gasteiger partial charge in [-0.05, 0) is 25.7 Å². The maximum absolute atomic E-state index is 9.38. The van der Waals surface area contributed by atoms with E-state index in [0.717, 1.165) is 9.88 Å².